The summed E-state index contributed by atoms with van der Waals surface area (Å²) in [6.07, 6.45) is 0.277. The highest BCUT2D eigenvalue weighted by Gasteiger charge is 2.11. The molecule has 2 aromatic carbocycles. The highest BCUT2D eigenvalue weighted by molar-refractivity contribution is 7.22. The van der Waals surface area contributed by atoms with E-state index in [1.807, 2.05) is 63.2 Å². The number of fused-ring (bicyclic) bond motifs is 1. The molecule has 29 heavy (non-hydrogen) atoms. The molecule has 0 aliphatic heterocycles. The Morgan fingerprint density at radius 3 is 2.62 bits per heavy atom. The van der Waals surface area contributed by atoms with Gasteiger partial charge in [0.15, 0.2) is 5.13 Å². The molecule has 1 N–H and O–H groups in total. The first kappa shape index (κ1) is 19.1. The monoisotopic (exact) mass is 407 g/mol. The fraction of sp³-hybridized carbons (Fsp3) is 0.227. The Morgan fingerprint density at radius 1 is 1.14 bits per heavy atom. The average molecular weight is 407 g/mol. The third kappa shape index (κ3) is 4.30. The van der Waals surface area contributed by atoms with Crippen LogP contribution in [0.1, 0.15) is 28.1 Å². The number of amides is 1. The first-order chi connectivity index (χ1) is 14.0. The molecule has 0 saturated heterocycles. The number of carbonyl (C=O) groups is 1. The molecule has 4 aromatic rings. The van der Waals surface area contributed by atoms with Crippen molar-refractivity contribution in [2.24, 2.45) is 0 Å². The lowest BCUT2D eigenvalue weighted by atomic mass is 10.1. The van der Waals surface area contributed by atoms with Gasteiger partial charge in [0.25, 0.3) is 0 Å². The molecule has 0 radical (unpaired) electrons. The van der Waals surface area contributed by atoms with Crippen LogP contribution >= 0.6 is 11.3 Å². The van der Waals surface area contributed by atoms with Gasteiger partial charge in [-0.2, -0.15) is 0 Å². The van der Waals surface area contributed by atoms with E-state index in [-0.39, 0.29) is 12.3 Å². The van der Waals surface area contributed by atoms with Gasteiger partial charge in [0.2, 0.25) is 5.91 Å². The number of benzene rings is 2. The van der Waals surface area contributed by atoms with Crippen molar-refractivity contribution < 1.29 is 14.1 Å². The minimum atomic E-state index is -0.0916. The van der Waals surface area contributed by atoms with Crippen molar-refractivity contribution in [1.82, 2.24) is 10.1 Å². The van der Waals surface area contributed by atoms with Crippen LogP contribution in [0, 0.1) is 20.8 Å². The number of para-hydroxylation sites is 1. The van der Waals surface area contributed by atoms with E-state index < -0.39 is 0 Å². The van der Waals surface area contributed by atoms with Gasteiger partial charge in [-0.3, -0.25) is 4.79 Å². The summed E-state index contributed by atoms with van der Waals surface area (Å²) in [6.45, 7) is 6.18. The third-order valence-electron chi connectivity index (χ3n) is 4.72. The van der Waals surface area contributed by atoms with Crippen molar-refractivity contribution in [2.45, 2.75) is 33.8 Å². The van der Waals surface area contributed by atoms with Crippen molar-refractivity contribution in [3.63, 3.8) is 0 Å². The summed E-state index contributed by atoms with van der Waals surface area (Å²) in [5.41, 5.74) is 4.74. The molecule has 2 heterocycles. The number of thiazole rings is 1. The second-order valence-corrected chi connectivity index (χ2v) is 7.93. The molecule has 4 rings (SSSR count). The lowest BCUT2D eigenvalue weighted by molar-refractivity contribution is -0.115. The van der Waals surface area contributed by atoms with Gasteiger partial charge in [-0.05, 0) is 50.1 Å². The molecule has 0 saturated carbocycles. The zero-order chi connectivity index (χ0) is 20.4. The number of rotatable bonds is 6. The first-order valence-electron chi connectivity index (χ1n) is 9.29. The Morgan fingerprint density at radius 2 is 1.93 bits per heavy atom. The van der Waals surface area contributed by atoms with Gasteiger partial charge in [-0.15, -0.1) is 0 Å². The van der Waals surface area contributed by atoms with Crippen LogP contribution in [0.4, 0.5) is 5.13 Å². The molecule has 7 heteroatoms. The van der Waals surface area contributed by atoms with E-state index in [4.69, 9.17) is 9.26 Å². The Kier molecular flexibility index (Phi) is 5.31. The molecule has 1 amide bonds. The van der Waals surface area contributed by atoms with E-state index in [1.165, 1.54) is 11.3 Å². The lowest BCUT2D eigenvalue weighted by Crippen LogP contribution is -2.14. The molecular weight excluding hydrogens is 386 g/mol. The van der Waals surface area contributed by atoms with Gasteiger partial charge >= 0.3 is 0 Å². The Bertz CT molecular complexity index is 1140. The van der Waals surface area contributed by atoms with Crippen LogP contribution < -0.4 is 10.1 Å². The first-order valence-corrected chi connectivity index (χ1v) is 10.1. The van der Waals surface area contributed by atoms with Gasteiger partial charge < -0.3 is 14.6 Å². The van der Waals surface area contributed by atoms with E-state index in [9.17, 15) is 4.79 Å². The highest BCUT2D eigenvalue weighted by atomic mass is 32.1. The second kappa shape index (κ2) is 8.05. The Hall–Kier alpha value is -3.19. The van der Waals surface area contributed by atoms with Crippen molar-refractivity contribution in [3.05, 3.63) is 70.6 Å². The smallest absolute Gasteiger partial charge is 0.230 e. The number of carbonyl (C=O) groups excluding carboxylic acids is 1. The Balaban J connectivity index is 1.35. The van der Waals surface area contributed by atoms with Gasteiger partial charge in [-0.25, -0.2) is 4.98 Å². The van der Waals surface area contributed by atoms with Crippen molar-refractivity contribution in [1.29, 1.82) is 0 Å². The molecule has 0 spiro atoms. The molecule has 0 bridgehead atoms. The molecule has 148 valence electrons. The fourth-order valence-electron chi connectivity index (χ4n) is 3.06. The number of hydrogen-bond acceptors (Lipinski definition) is 6. The van der Waals surface area contributed by atoms with Crippen molar-refractivity contribution >= 4 is 32.6 Å². The van der Waals surface area contributed by atoms with Crippen LogP contribution in [-0.4, -0.2) is 16.0 Å². The van der Waals surface area contributed by atoms with E-state index in [0.29, 0.717) is 11.7 Å². The zero-order valence-electron chi connectivity index (χ0n) is 16.5. The molecule has 0 unspecified atom stereocenters. The van der Waals surface area contributed by atoms with Crippen LogP contribution in [0.15, 0.2) is 47.0 Å². The number of anilines is 1. The molecule has 2 aromatic heterocycles. The summed E-state index contributed by atoms with van der Waals surface area (Å²) in [4.78, 5) is 16.9. The summed E-state index contributed by atoms with van der Waals surface area (Å²) in [7, 11) is 0. The summed E-state index contributed by atoms with van der Waals surface area (Å²) < 4.78 is 12.0. The van der Waals surface area contributed by atoms with Crippen LogP contribution in [0.25, 0.3) is 10.2 Å². The maximum Gasteiger partial charge on any atom is 0.230 e. The molecule has 0 fully saturated rings. The van der Waals surface area contributed by atoms with Gasteiger partial charge in [0.1, 0.15) is 18.1 Å². The normalized spacial score (nSPS) is 11.0. The number of aromatic nitrogens is 2. The van der Waals surface area contributed by atoms with E-state index in [2.05, 4.69) is 15.5 Å². The number of aryl methyl sites for hydroxylation is 3. The number of hydrogen-bond donors (Lipinski definition) is 1. The lowest BCUT2D eigenvalue weighted by Gasteiger charge is -2.07. The van der Waals surface area contributed by atoms with Crippen molar-refractivity contribution in [2.75, 3.05) is 5.32 Å². The fourth-order valence-corrected chi connectivity index (χ4v) is 4.02. The van der Waals surface area contributed by atoms with Crippen LogP contribution in [0.2, 0.25) is 0 Å². The van der Waals surface area contributed by atoms with Crippen LogP contribution in [0.3, 0.4) is 0 Å². The van der Waals surface area contributed by atoms with Gasteiger partial charge in [0.05, 0.1) is 27.9 Å². The van der Waals surface area contributed by atoms with Crippen LogP contribution in [0.5, 0.6) is 5.75 Å². The maximum atomic E-state index is 12.4. The average Bonchev–Trinajstić information content (AvgIpc) is 3.25. The second-order valence-electron chi connectivity index (χ2n) is 6.90. The topological polar surface area (TPSA) is 77.2 Å². The van der Waals surface area contributed by atoms with Crippen LogP contribution in [-0.2, 0) is 17.8 Å². The Labute approximate surface area is 172 Å². The number of nitrogens with one attached hydrogen (secondary N) is 1. The summed E-state index contributed by atoms with van der Waals surface area (Å²) in [6, 6.07) is 13.5. The molecule has 6 nitrogen and oxygen atoms in total. The molecule has 0 aliphatic rings. The largest absolute Gasteiger partial charge is 0.489 e. The minimum Gasteiger partial charge on any atom is -0.489 e. The minimum absolute atomic E-state index is 0.0916. The summed E-state index contributed by atoms with van der Waals surface area (Å²) in [5, 5.41) is 7.45. The van der Waals surface area contributed by atoms with E-state index in [1.54, 1.807) is 0 Å². The highest BCUT2D eigenvalue weighted by Crippen LogP contribution is 2.28. The molecular formula is C22H21N3O3S. The zero-order valence-corrected chi connectivity index (χ0v) is 17.3. The standard InChI is InChI=1S/C22H21N3O3S/c1-13-5-4-6-19-21(13)24-22(29-19)23-20(26)11-16-7-9-17(10-8-16)27-12-18-14(2)25-28-15(18)3/h4-10H,11-12H2,1-3H3,(H,23,24,26). The maximum absolute atomic E-state index is 12.4. The quantitative estimate of drug-likeness (QED) is 0.488. The van der Waals surface area contributed by atoms with Crippen molar-refractivity contribution in [3.8, 4) is 5.75 Å². The number of nitrogens with zero attached hydrogens (tertiary/aromatic N) is 2. The number of ether oxygens (including phenoxy) is 1. The molecule has 0 atom stereocenters. The van der Waals surface area contributed by atoms with Gasteiger partial charge in [-0.1, -0.05) is 40.8 Å². The SMILES string of the molecule is Cc1noc(C)c1COc1ccc(CC(=O)Nc2nc3c(C)cccc3s2)cc1. The van der Waals surface area contributed by atoms with Gasteiger partial charge in [0, 0.05) is 0 Å². The van der Waals surface area contributed by atoms with E-state index in [0.717, 1.165) is 44.1 Å². The predicted octanol–water partition coefficient (Wildman–Crippen LogP) is 4.97. The summed E-state index contributed by atoms with van der Waals surface area (Å²) >= 11 is 1.48. The van der Waals surface area contributed by atoms with E-state index >= 15 is 0 Å². The summed E-state index contributed by atoms with van der Waals surface area (Å²) in [5.74, 6) is 1.41. The molecule has 0 aliphatic carbocycles. The predicted molar refractivity (Wildman–Crippen MR) is 113 cm³/mol. The third-order valence-corrected chi connectivity index (χ3v) is 5.66.